The first kappa shape index (κ1) is 23.6. The first-order valence-corrected chi connectivity index (χ1v) is 13.0. The average molecular weight is 482 g/mol. The van der Waals surface area contributed by atoms with Gasteiger partial charge in [0.1, 0.15) is 0 Å². The molecular formula is C26H35N5O4. The summed E-state index contributed by atoms with van der Waals surface area (Å²) in [5.41, 5.74) is 2.43. The van der Waals surface area contributed by atoms with Crippen LogP contribution < -0.4 is 5.32 Å². The van der Waals surface area contributed by atoms with Crippen molar-refractivity contribution in [2.75, 3.05) is 26.2 Å². The summed E-state index contributed by atoms with van der Waals surface area (Å²) in [5.74, 6) is -0.358. The Morgan fingerprint density at radius 1 is 1.00 bits per heavy atom. The fourth-order valence-electron chi connectivity index (χ4n) is 6.14. The number of urea groups is 1. The number of nitrogens with zero attached hydrogens (tertiary/aromatic N) is 4. The quantitative estimate of drug-likeness (QED) is 0.681. The number of nitrogens with one attached hydrogen (secondary N) is 1. The van der Waals surface area contributed by atoms with Crippen LogP contribution in [-0.2, 0) is 11.3 Å². The van der Waals surface area contributed by atoms with Crippen LogP contribution in [-0.4, -0.2) is 74.6 Å². The third-order valence-electron chi connectivity index (χ3n) is 8.13. The van der Waals surface area contributed by atoms with Crippen LogP contribution in [0.15, 0.2) is 24.5 Å². The Bertz CT molecular complexity index is 1090. The van der Waals surface area contributed by atoms with E-state index in [4.69, 9.17) is 5.11 Å². The number of carbonyl (C=O) groups is 3. The van der Waals surface area contributed by atoms with Gasteiger partial charge in [-0.1, -0.05) is 12.8 Å². The zero-order valence-electron chi connectivity index (χ0n) is 20.2. The van der Waals surface area contributed by atoms with Gasteiger partial charge in [0.25, 0.3) is 5.91 Å². The molecule has 2 unspecified atom stereocenters. The van der Waals surface area contributed by atoms with Crippen LogP contribution in [0.2, 0.25) is 0 Å². The van der Waals surface area contributed by atoms with E-state index in [1.807, 2.05) is 22.8 Å². The number of imidazole rings is 1. The van der Waals surface area contributed by atoms with E-state index >= 15 is 0 Å². The molecule has 3 amide bonds. The first-order chi connectivity index (χ1) is 17.0. The molecule has 3 fully saturated rings. The summed E-state index contributed by atoms with van der Waals surface area (Å²) in [5, 5.41) is 12.0. The Kier molecular flexibility index (Phi) is 6.92. The van der Waals surface area contributed by atoms with Gasteiger partial charge in [-0.3, -0.25) is 9.59 Å². The lowest BCUT2D eigenvalue weighted by Crippen LogP contribution is -2.49. The van der Waals surface area contributed by atoms with E-state index in [2.05, 4.69) is 15.2 Å². The van der Waals surface area contributed by atoms with Crippen molar-refractivity contribution in [3.8, 4) is 0 Å². The molecule has 1 aromatic carbocycles. The van der Waals surface area contributed by atoms with E-state index in [-0.39, 0.29) is 17.9 Å². The SMILES string of the molecule is O=C(O)C1CCN(C(=O)NCCn2cnc3cc(C(=O)N4CCCC5CCCCC54)ccc32)CC1. The third kappa shape index (κ3) is 4.99. The summed E-state index contributed by atoms with van der Waals surface area (Å²) in [7, 11) is 0. The second-order valence-electron chi connectivity index (χ2n) is 10.2. The fraction of sp³-hybridized carbons (Fsp3) is 0.615. The van der Waals surface area contributed by atoms with E-state index in [1.165, 1.54) is 25.7 Å². The maximum Gasteiger partial charge on any atom is 0.317 e. The van der Waals surface area contributed by atoms with Crippen LogP contribution in [0, 0.1) is 11.8 Å². The Hall–Kier alpha value is -3.10. The van der Waals surface area contributed by atoms with Gasteiger partial charge in [-0.2, -0.15) is 0 Å². The zero-order chi connectivity index (χ0) is 24.4. The molecule has 0 radical (unpaired) electrons. The van der Waals surface area contributed by atoms with Gasteiger partial charge in [0, 0.05) is 44.3 Å². The molecule has 3 heterocycles. The van der Waals surface area contributed by atoms with Gasteiger partial charge in [-0.25, -0.2) is 9.78 Å². The number of aromatic nitrogens is 2. The van der Waals surface area contributed by atoms with Gasteiger partial charge in [0.15, 0.2) is 0 Å². The molecule has 1 aromatic heterocycles. The van der Waals surface area contributed by atoms with Crippen molar-refractivity contribution in [1.82, 2.24) is 24.7 Å². The van der Waals surface area contributed by atoms with Crippen LogP contribution in [0.1, 0.15) is 61.7 Å². The number of piperidine rings is 2. The van der Waals surface area contributed by atoms with Gasteiger partial charge in [-0.15, -0.1) is 0 Å². The molecule has 1 aliphatic carbocycles. The highest BCUT2D eigenvalue weighted by molar-refractivity contribution is 5.97. The molecule has 2 aromatic rings. The molecule has 2 N–H and O–H groups in total. The van der Waals surface area contributed by atoms with Crippen LogP contribution in [0.5, 0.6) is 0 Å². The van der Waals surface area contributed by atoms with Gasteiger partial charge in [0.2, 0.25) is 0 Å². The van der Waals surface area contributed by atoms with Crippen molar-refractivity contribution < 1.29 is 19.5 Å². The molecule has 0 bridgehead atoms. The highest BCUT2D eigenvalue weighted by Crippen LogP contribution is 2.36. The Balaban J connectivity index is 1.17. The number of carbonyl (C=O) groups excluding carboxylic acids is 2. The van der Waals surface area contributed by atoms with Gasteiger partial charge in [-0.05, 0) is 62.6 Å². The summed E-state index contributed by atoms with van der Waals surface area (Å²) in [4.78, 5) is 45.2. The van der Waals surface area contributed by atoms with Crippen molar-refractivity contribution in [1.29, 1.82) is 0 Å². The summed E-state index contributed by atoms with van der Waals surface area (Å²) < 4.78 is 1.98. The predicted octanol–water partition coefficient (Wildman–Crippen LogP) is 3.34. The lowest BCUT2D eigenvalue weighted by molar-refractivity contribution is -0.143. The Labute approximate surface area is 205 Å². The van der Waals surface area contributed by atoms with Gasteiger partial charge < -0.3 is 24.8 Å². The number of rotatable bonds is 5. The minimum Gasteiger partial charge on any atom is -0.481 e. The van der Waals surface area contributed by atoms with E-state index in [9.17, 15) is 14.4 Å². The van der Waals surface area contributed by atoms with Crippen molar-refractivity contribution in [3.63, 3.8) is 0 Å². The number of likely N-dealkylation sites (tertiary alicyclic amines) is 2. The smallest absolute Gasteiger partial charge is 0.317 e. The number of amides is 3. The molecule has 9 heteroatoms. The first-order valence-electron chi connectivity index (χ1n) is 13.0. The summed E-state index contributed by atoms with van der Waals surface area (Å²) in [6, 6.07) is 5.98. The average Bonchev–Trinajstić information content (AvgIpc) is 3.30. The molecule has 1 saturated carbocycles. The highest BCUT2D eigenvalue weighted by Gasteiger charge is 2.36. The molecule has 5 rings (SSSR count). The standard InChI is InChI=1S/C26H35N5O4/c32-24(31-12-3-5-18-4-1-2-6-22(18)31)20-7-8-23-21(16-20)28-17-30(23)15-11-27-26(35)29-13-9-19(10-14-29)25(33)34/h7-8,16-19,22H,1-6,9-15H2,(H,27,35)(H,33,34). The summed E-state index contributed by atoms with van der Waals surface area (Å²) >= 11 is 0. The minimum atomic E-state index is -0.781. The largest absolute Gasteiger partial charge is 0.481 e. The van der Waals surface area contributed by atoms with Crippen molar-refractivity contribution >= 4 is 28.9 Å². The number of hydrogen-bond acceptors (Lipinski definition) is 4. The van der Waals surface area contributed by atoms with Crippen molar-refractivity contribution in [3.05, 3.63) is 30.1 Å². The number of hydrogen-bond donors (Lipinski definition) is 2. The second kappa shape index (κ2) is 10.3. The Morgan fingerprint density at radius 3 is 2.57 bits per heavy atom. The van der Waals surface area contributed by atoms with Gasteiger partial charge >= 0.3 is 12.0 Å². The molecule has 2 aliphatic heterocycles. The molecule has 2 saturated heterocycles. The lowest BCUT2D eigenvalue weighted by atomic mass is 9.78. The molecule has 3 aliphatic rings. The van der Waals surface area contributed by atoms with Crippen LogP contribution >= 0.6 is 0 Å². The number of fused-ring (bicyclic) bond motifs is 2. The maximum absolute atomic E-state index is 13.4. The fourth-order valence-corrected chi connectivity index (χ4v) is 6.14. The van der Waals surface area contributed by atoms with Gasteiger partial charge in [0.05, 0.1) is 23.3 Å². The number of aliphatic carboxylic acids is 1. The highest BCUT2D eigenvalue weighted by atomic mass is 16.4. The molecule has 188 valence electrons. The molecule has 35 heavy (non-hydrogen) atoms. The van der Waals surface area contributed by atoms with Crippen LogP contribution in [0.25, 0.3) is 11.0 Å². The second-order valence-corrected chi connectivity index (χ2v) is 10.2. The summed E-state index contributed by atoms with van der Waals surface area (Å²) in [6.07, 6.45) is 9.95. The van der Waals surface area contributed by atoms with Crippen LogP contribution in [0.4, 0.5) is 4.79 Å². The monoisotopic (exact) mass is 481 g/mol. The molecule has 2 atom stereocenters. The normalized spacial score (nSPS) is 23.2. The molecule has 9 nitrogen and oxygen atoms in total. The topological polar surface area (TPSA) is 108 Å². The number of benzene rings is 1. The molecule has 0 spiro atoms. The van der Waals surface area contributed by atoms with Crippen LogP contribution in [0.3, 0.4) is 0 Å². The molecular weight excluding hydrogens is 446 g/mol. The maximum atomic E-state index is 13.4. The number of carboxylic acid groups (broad SMARTS) is 1. The van der Waals surface area contributed by atoms with Crippen molar-refractivity contribution in [2.24, 2.45) is 11.8 Å². The summed E-state index contributed by atoms with van der Waals surface area (Å²) in [6.45, 7) is 2.79. The Morgan fingerprint density at radius 2 is 1.77 bits per heavy atom. The van der Waals surface area contributed by atoms with E-state index in [0.29, 0.717) is 56.5 Å². The number of carboxylic acids is 1. The van der Waals surface area contributed by atoms with Crippen molar-refractivity contribution in [2.45, 2.75) is 64.0 Å². The van der Waals surface area contributed by atoms with E-state index < -0.39 is 5.97 Å². The van der Waals surface area contributed by atoms with E-state index in [0.717, 1.165) is 30.4 Å². The zero-order valence-corrected chi connectivity index (χ0v) is 20.2. The lowest BCUT2D eigenvalue weighted by Gasteiger charge is -2.44. The minimum absolute atomic E-state index is 0.122. The third-order valence-corrected chi connectivity index (χ3v) is 8.13. The predicted molar refractivity (Wildman–Crippen MR) is 131 cm³/mol. The van der Waals surface area contributed by atoms with E-state index in [1.54, 1.807) is 11.2 Å².